The smallest absolute Gasteiger partial charge is 0.227 e. The maximum Gasteiger partial charge on any atom is 0.227 e. The van der Waals surface area contributed by atoms with Crippen molar-refractivity contribution in [1.29, 1.82) is 0 Å². The second-order valence-electron chi connectivity index (χ2n) is 5.44. The maximum atomic E-state index is 13.1. The standard InChI is InChI=1S/C18H16FN3O2/c1-12-4-2-5-13(10-12)18-21-17(24-22-18)9-8-16(23)20-15-7-3-6-14(19)11-15/h2-7,10-11H,8-9H2,1H3,(H,20,23). The van der Waals surface area contributed by atoms with Gasteiger partial charge in [0.1, 0.15) is 5.82 Å². The summed E-state index contributed by atoms with van der Waals surface area (Å²) in [7, 11) is 0. The highest BCUT2D eigenvalue weighted by atomic mass is 19.1. The first-order valence-corrected chi connectivity index (χ1v) is 7.55. The molecule has 0 radical (unpaired) electrons. The van der Waals surface area contributed by atoms with Crippen LogP contribution < -0.4 is 5.32 Å². The molecule has 5 nitrogen and oxygen atoms in total. The Morgan fingerprint density at radius 3 is 2.83 bits per heavy atom. The Bertz CT molecular complexity index is 861. The molecule has 2 aromatic carbocycles. The van der Waals surface area contributed by atoms with Gasteiger partial charge in [0.15, 0.2) is 0 Å². The molecule has 0 bridgehead atoms. The average Bonchev–Trinajstić information content (AvgIpc) is 3.02. The van der Waals surface area contributed by atoms with Gasteiger partial charge >= 0.3 is 0 Å². The van der Waals surface area contributed by atoms with Crippen LogP contribution in [0.2, 0.25) is 0 Å². The molecule has 0 aliphatic rings. The Balaban J connectivity index is 1.58. The number of aromatic nitrogens is 2. The van der Waals surface area contributed by atoms with Gasteiger partial charge in [0, 0.05) is 24.1 Å². The first-order valence-electron chi connectivity index (χ1n) is 7.55. The van der Waals surface area contributed by atoms with Gasteiger partial charge in [0.25, 0.3) is 0 Å². The van der Waals surface area contributed by atoms with Crippen molar-refractivity contribution in [2.24, 2.45) is 0 Å². The summed E-state index contributed by atoms with van der Waals surface area (Å²) in [5, 5.41) is 6.56. The lowest BCUT2D eigenvalue weighted by Crippen LogP contribution is -2.12. The van der Waals surface area contributed by atoms with E-state index in [1.165, 1.54) is 18.2 Å². The van der Waals surface area contributed by atoms with E-state index in [2.05, 4.69) is 15.5 Å². The zero-order valence-corrected chi connectivity index (χ0v) is 13.1. The van der Waals surface area contributed by atoms with Gasteiger partial charge in [-0.3, -0.25) is 4.79 Å². The molecule has 3 aromatic rings. The van der Waals surface area contributed by atoms with E-state index in [0.29, 0.717) is 23.8 Å². The minimum Gasteiger partial charge on any atom is -0.339 e. The molecule has 122 valence electrons. The van der Waals surface area contributed by atoms with Crippen molar-refractivity contribution in [3.8, 4) is 11.4 Å². The molecule has 24 heavy (non-hydrogen) atoms. The molecule has 3 rings (SSSR count). The number of benzene rings is 2. The van der Waals surface area contributed by atoms with Gasteiger partial charge in [0.05, 0.1) is 0 Å². The molecule has 0 unspecified atom stereocenters. The van der Waals surface area contributed by atoms with Crippen molar-refractivity contribution in [3.05, 3.63) is 65.8 Å². The van der Waals surface area contributed by atoms with E-state index in [4.69, 9.17) is 4.52 Å². The molecule has 6 heteroatoms. The quantitative estimate of drug-likeness (QED) is 0.775. The van der Waals surface area contributed by atoms with E-state index >= 15 is 0 Å². The van der Waals surface area contributed by atoms with Crippen molar-refractivity contribution in [3.63, 3.8) is 0 Å². The number of carbonyl (C=O) groups excluding carboxylic acids is 1. The van der Waals surface area contributed by atoms with Crippen LogP contribution in [0.25, 0.3) is 11.4 Å². The van der Waals surface area contributed by atoms with Crippen LogP contribution in [0.15, 0.2) is 53.1 Å². The maximum absolute atomic E-state index is 13.1. The lowest BCUT2D eigenvalue weighted by molar-refractivity contribution is -0.116. The lowest BCUT2D eigenvalue weighted by Gasteiger charge is -2.03. The van der Waals surface area contributed by atoms with Crippen LogP contribution in [0.3, 0.4) is 0 Å². The second-order valence-corrected chi connectivity index (χ2v) is 5.44. The number of aryl methyl sites for hydroxylation is 2. The minimum atomic E-state index is -0.396. The predicted octanol–water partition coefficient (Wildman–Crippen LogP) is 3.76. The summed E-state index contributed by atoms with van der Waals surface area (Å²) >= 11 is 0. The van der Waals surface area contributed by atoms with Crippen LogP contribution in [-0.4, -0.2) is 16.0 Å². The third kappa shape index (κ3) is 4.04. The van der Waals surface area contributed by atoms with Crippen LogP contribution in [0.5, 0.6) is 0 Å². The fraction of sp³-hybridized carbons (Fsp3) is 0.167. The molecule has 0 aliphatic heterocycles. The molecule has 0 aliphatic carbocycles. The number of carbonyl (C=O) groups is 1. The van der Waals surface area contributed by atoms with Crippen molar-refractivity contribution < 1.29 is 13.7 Å². The van der Waals surface area contributed by atoms with E-state index in [0.717, 1.165) is 11.1 Å². The molecular formula is C18H16FN3O2. The first kappa shape index (κ1) is 15.9. The molecule has 0 fully saturated rings. The second kappa shape index (κ2) is 7.04. The summed E-state index contributed by atoms with van der Waals surface area (Å²) < 4.78 is 18.3. The lowest BCUT2D eigenvalue weighted by atomic mass is 10.1. The zero-order chi connectivity index (χ0) is 16.9. The number of nitrogens with one attached hydrogen (secondary N) is 1. The van der Waals surface area contributed by atoms with Gasteiger partial charge in [-0.15, -0.1) is 0 Å². The third-order valence-electron chi connectivity index (χ3n) is 3.42. The number of hydrogen-bond acceptors (Lipinski definition) is 4. The fourth-order valence-corrected chi connectivity index (χ4v) is 2.27. The van der Waals surface area contributed by atoms with Crippen molar-refractivity contribution >= 4 is 11.6 Å². The van der Waals surface area contributed by atoms with E-state index in [1.54, 1.807) is 6.07 Å². The van der Waals surface area contributed by atoms with Gasteiger partial charge < -0.3 is 9.84 Å². The average molecular weight is 325 g/mol. The largest absolute Gasteiger partial charge is 0.339 e. The summed E-state index contributed by atoms with van der Waals surface area (Å²) in [6.45, 7) is 1.99. The normalized spacial score (nSPS) is 10.6. The highest BCUT2D eigenvalue weighted by molar-refractivity contribution is 5.90. The van der Waals surface area contributed by atoms with Crippen LogP contribution in [-0.2, 0) is 11.2 Å². The Hall–Kier alpha value is -3.02. The first-order chi connectivity index (χ1) is 11.6. The van der Waals surface area contributed by atoms with Crippen LogP contribution >= 0.6 is 0 Å². The zero-order valence-electron chi connectivity index (χ0n) is 13.1. The van der Waals surface area contributed by atoms with Crippen molar-refractivity contribution in [2.45, 2.75) is 19.8 Å². The molecule has 0 atom stereocenters. The molecule has 1 N–H and O–H groups in total. The van der Waals surface area contributed by atoms with Crippen molar-refractivity contribution in [1.82, 2.24) is 10.1 Å². The van der Waals surface area contributed by atoms with Crippen LogP contribution in [0.1, 0.15) is 17.9 Å². The molecule has 0 saturated carbocycles. The fourth-order valence-electron chi connectivity index (χ4n) is 2.27. The number of hydrogen-bond donors (Lipinski definition) is 1. The highest BCUT2D eigenvalue weighted by Crippen LogP contribution is 2.17. The Morgan fingerprint density at radius 2 is 2.04 bits per heavy atom. The molecule has 1 aromatic heterocycles. The SMILES string of the molecule is Cc1cccc(-c2noc(CCC(=O)Nc3cccc(F)c3)n2)c1. The third-order valence-corrected chi connectivity index (χ3v) is 3.42. The van der Waals surface area contributed by atoms with E-state index in [1.807, 2.05) is 31.2 Å². The van der Waals surface area contributed by atoms with E-state index in [9.17, 15) is 9.18 Å². The van der Waals surface area contributed by atoms with E-state index < -0.39 is 5.82 Å². The van der Waals surface area contributed by atoms with Gasteiger partial charge in [-0.2, -0.15) is 4.98 Å². The van der Waals surface area contributed by atoms with Crippen LogP contribution in [0.4, 0.5) is 10.1 Å². The van der Waals surface area contributed by atoms with Crippen LogP contribution in [0, 0.1) is 12.7 Å². The summed E-state index contributed by atoms with van der Waals surface area (Å²) in [4.78, 5) is 16.2. The number of anilines is 1. The Kier molecular flexibility index (Phi) is 4.65. The number of nitrogens with zero attached hydrogens (tertiary/aromatic N) is 2. The molecule has 1 heterocycles. The summed E-state index contributed by atoms with van der Waals surface area (Å²) in [6.07, 6.45) is 0.492. The van der Waals surface area contributed by atoms with Crippen molar-refractivity contribution in [2.75, 3.05) is 5.32 Å². The predicted molar refractivity (Wildman–Crippen MR) is 87.8 cm³/mol. The van der Waals surface area contributed by atoms with Gasteiger partial charge in [0.2, 0.25) is 17.6 Å². The topological polar surface area (TPSA) is 68.0 Å². The summed E-state index contributed by atoms with van der Waals surface area (Å²) in [6, 6.07) is 13.5. The highest BCUT2D eigenvalue weighted by Gasteiger charge is 2.11. The molecule has 0 spiro atoms. The number of rotatable bonds is 5. The molecule has 0 saturated heterocycles. The Labute approximate surface area is 138 Å². The number of halogens is 1. The Morgan fingerprint density at radius 1 is 1.21 bits per heavy atom. The monoisotopic (exact) mass is 325 g/mol. The summed E-state index contributed by atoms with van der Waals surface area (Å²) in [5.74, 6) is 0.253. The van der Waals surface area contributed by atoms with Gasteiger partial charge in [-0.1, -0.05) is 35.0 Å². The minimum absolute atomic E-state index is 0.173. The van der Waals surface area contributed by atoms with E-state index in [-0.39, 0.29) is 12.3 Å². The van der Waals surface area contributed by atoms with Gasteiger partial charge in [-0.25, -0.2) is 4.39 Å². The number of amides is 1. The van der Waals surface area contributed by atoms with Gasteiger partial charge in [-0.05, 0) is 31.2 Å². The molecular weight excluding hydrogens is 309 g/mol. The molecule has 1 amide bonds. The summed E-state index contributed by atoms with van der Waals surface area (Å²) in [5.41, 5.74) is 2.40.